The van der Waals surface area contributed by atoms with Crippen LogP contribution < -0.4 is 5.56 Å². The second-order valence-corrected chi connectivity index (χ2v) is 8.46. The number of aromatic nitrogens is 2. The maximum atomic E-state index is 13.6. The second-order valence-electron chi connectivity index (χ2n) is 7.18. The number of benzene rings is 3. The van der Waals surface area contributed by atoms with E-state index in [1.807, 2.05) is 78.9 Å². The minimum atomic E-state index is -0.405. The fourth-order valence-electron chi connectivity index (χ4n) is 3.68. The summed E-state index contributed by atoms with van der Waals surface area (Å²) in [5, 5.41) is 11.2. The normalized spacial score (nSPS) is 13.5. The Morgan fingerprint density at radius 2 is 1.53 bits per heavy atom. The third-order valence-corrected chi connectivity index (χ3v) is 6.12. The van der Waals surface area contributed by atoms with Crippen LogP contribution in [0.5, 0.6) is 5.88 Å². The summed E-state index contributed by atoms with van der Waals surface area (Å²) in [6, 6.07) is 24.2. The molecule has 0 bridgehead atoms. The van der Waals surface area contributed by atoms with E-state index in [1.54, 1.807) is 12.3 Å². The molecule has 0 saturated carbocycles. The first-order valence-electron chi connectivity index (χ1n) is 9.82. The van der Waals surface area contributed by atoms with Crippen molar-refractivity contribution in [2.45, 2.75) is 0 Å². The van der Waals surface area contributed by atoms with Crippen LogP contribution in [-0.4, -0.2) is 20.5 Å². The Kier molecular flexibility index (Phi) is 5.20. The molecule has 3 aromatic carbocycles. The van der Waals surface area contributed by atoms with Gasteiger partial charge in [-0.25, -0.2) is 0 Å². The van der Waals surface area contributed by atoms with Gasteiger partial charge in [-0.3, -0.25) is 18.9 Å². The van der Waals surface area contributed by atoms with E-state index in [4.69, 9.17) is 12.2 Å². The van der Waals surface area contributed by atoms with Crippen LogP contribution in [0.2, 0.25) is 0 Å². The summed E-state index contributed by atoms with van der Waals surface area (Å²) in [7, 11) is 0. The third-order valence-electron chi connectivity index (χ3n) is 5.23. The van der Waals surface area contributed by atoms with Gasteiger partial charge in [-0.2, -0.15) is 0 Å². The zero-order chi connectivity index (χ0) is 22.2. The SMILES string of the molecule is O=c1c(/C=C2\C=Nc3ccccc32)c(O)n(-c2ccc(Br)cc2)c(=S)n1-c1ccccc1. The van der Waals surface area contributed by atoms with Gasteiger partial charge < -0.3 is 5.11 Å². The van der Waals surface area contributed by atoms with Crippen molar-refractivity contribution in [1.29, 1.82) is 0 Å². The maximum absolute atomic E-state index is 13.6. The molecular weight excluding hydrogens is 486 g/mol. The number of hydrogen-bond donors (Lipinski definition) is 1. The van der Waals surface area contributed by atoms with E-state index < -0.39 is 5.56 Å². The molecule has 0 fully saturated rings. The van der Waals surface area contributed by atoms with Gasteiger partial charge in [0.15, 0.2) is 4.77 Å². The van der Waals surface area contributed by atoms with Crippen molar-refractivity contribution in [3.05, 3.63) is 110 Å². The smallest absolute Gasteiger partial charge is 0.270 e. The van der Waals surface area contributed by atoms with Gasteiger partial charge >= 0.3 is 0 Å². The molecule has 0 spiro atoms. The molecule has 1 N–H and O–H groups in total. The molecule has 7 heteroatoms. The predicted octanol–water partition coefficient (Wildman–Crippen LogP) is 6.08. The molecule has 0 aliphatic carbocycles. The van der Waals surface area contributed by atoms with E-state index in [0.29, 0.717) is 11.4 Å². The van der Waals surface area contributed by atoms with Crippen LogP contribution in [0.1, 0.15) is 11.1 Å². The van der Waals surface area contributed by atoms with E-state index in [-0.39, 0.29) is 16.2 Å². The Labute approximate surface area is 197 Å². The monoisotopic (exact) mass is 501 g/mol. The summed E-state index contributed by atoms with van der Waals surface area (Å²) in [5.41, 5.74) is 3.44. The number of aliphatic imine (C=N–C) groups is 1. The van der Waals surface area contributed by atoms with Gasteiger partial charge in [0.25, 0.3) is 5.56 Å². The van der Waals surface area contributed by atoms with Gasteiger partial charge in [-0.15, -0.1) is 0 Å². The van der Waals surface area contributed by atoms with Crippen molar-refractivity contribution in [2.24, 2.45) is 4.99 Å². The Bertz CT molecular complexity index is 1520. The lowest BCUT2D eigenvalue weighted by molar-refractivity contribution is 0.429. The van der Waals surface area contributed by atoms with Crippen LogP contribution in [0.15, 0.2) is 93.1 Å². The maximum Gasteiger partial charge on any atom is 0.270 e. The van der Waals surface area contributed by atoms with Crippen LogP contribution in [-0.2, 0) is 0 Å². The molecule has 0 amide bonds. The van der Waals surface area contributed by atoms with Crippen molar-refractivity contribution in [1.82, 2.24) is 9.13 Å². The first-order valence-corrected chi connectivity index (χ1v) is 11.0. The number of aromatic hydroxyl groups is 1. The number of nitrogens with zero attached hydrogens (tertiary/aromatic N) is 3. The minimum Gasteiger partial charge on any atom is -0.494 e. The molecule has 1 aliphatic rings. The molecule has 2 heterocycles. The summed E-state index contributed by atoms with van der Waals surface area (Å²) in [6.45, 7) is 0. The Morgan fingerprint density at radius 3 is 2.28 bits per heavy atom. The van der Waals surface area contributed by atoms with Gasteiger partial charge in [-0.1, -0.05) is 52.3 Å². The van der Waals surface area contributed by atoms with E-state index in [9.17, 15) is 9.90 Å². The Morgan fingerprint density at radius 1 is 0.875 bits per heavy atom. The average Bonchev–Trinajstić information content (AvgIpc) is 3.22. The lowest BCUT2D eigenvalue weighted by atomic mass is 10.1. The molecule has 0 radical (unpaired) electrons. The lowest BCUT2D eigenvalue weighted by Crippen LogP contribution is -2.25. The highest BCUT2D eigenvalue weighted by Gasteiger charge is 2.20. The number of hydrogen-bond acceptors (Lipinski definition) is 4. The van der Waals surface area contributed by atoms with Crippen molar-refractivity contribution in [2.75, 3.05) is 0 Å². The van der Waals surface area contributed by atoms with Gasteiger partial charge in [0.2, 0.25) is 5.88 Å². The fraction of sp³-hybridized carbons (Fsp3) is 0. The highest BCUT2D eigenvalue weighted by molar-refractivity contribution is 9.10. The van der Waals surface area contributed by atoms with E-state index in [1.165, 1.54) is 9.13 Å². The minimum absolute atomic E-state index is 0.128. The van der Waals surface area contributed by atoms with E-state index in [2.05, 4.69) is 20.9 Å². The zero-order valence-electron chi connectivity index (χ0n) is 16.6. The van der Waals surface area contributed by atoms with Crippen LogP contribution in [0.4, 0.5) is 5.69 Å². The van der Waals surface area contributed by atoms with Crippen molar-refractivity contribution < 1.29 is 5.11 Å². The average molecular weight is 502 g/mol. The molecule has 156 valence electrons. The number of para-hydroxylation sites is 2. The van der Waals surface area contributed by atoms with Crippen LogP contribution >= 0.6 is 28.1 Å². The highest BCUT2D eigenvalue weighted by Crippen LogP contribution is 2.33. The first-order chi connectivity index (χ1) is 15.5. The summed E-state index contributed by atoms with van der Waals surface area (Å²) >= 11 is 9.11. The van der Waals surface area contributed by atoms with Gasteiger partial charge in [0.05, 0.1) is 17.1 Å². The fourth-order valence-corrected chi connectivity index (χ4v) is 4.32. The van der Waals surface area contributed by atoms with Crippen LogP contribution in [0.3, 0.4) is 0 Å². The van der Waals surface area contributed by atoms with Crippen molar-refractivity contribution in [3.8, 4) is 17.3 Å². The molecule has 0 atom stereocenters. The van der Waals surface area contributed by atoms with Crippen molar-refractivity contribution >= 4 is 51.7 Å². The molecular formula is C25H16BrN3O2S. The third kappa shape index (κ3) is 3.45. The number of allylic oxidation sites excluding steroid dienone is 1. The molecule has 0 unspecified atom stereocenters. The molecule has 5 rings (SSSR count). The number of rotatable bonds is 3. The van der Waals surface area contributed by atoms with E-state index >= 15 is 0 Å². The van der Waals surface area contributed by atoms with Gasteiger partial charge in [0.1, 0.15) is 5.56 Å². The van der Waals surface area contributed by atoms with Crippen LogP contribution in [0, 0.1) is 4.77 Å². The standard InChI is InChI=1S/C25H16BrN3O2S/c26-17-10-12-19(13-11-17)29-24(31)21(14-16-15-27-22-9-5-4-8-20(16)22)23(30)28(25(29)32)18-6-2-1-3-7-18/h1-15,31H/b16-14+. The predicted molar refractivity (Wildman–Crippen MR) is 134 cm³/mol. The number of halogens is 1. The molecule has 0 saturated heterocycles. The summed E-state index contributed by atoms with van der Waals surface area (Å²) < 4.78 is 4.00. The van der Waals surface area contributed by atoms with Crippen LogP contribution in [0.25, 0.3) is 23.0 Å². The Balaban J connectivity index is 1.83. The molecule has 5 nitrogen and oxygen atoms in total. The van der Waals surface area contributed by atoms with Gasteiger partial charge in [0, 0.05) is 21.8 Å². The number of fused-ring (bicyclic) bond motifs is 1. The quantitative estimate of drug-likeness (QED) is 0.346. The summed E-state index contributed by atoms with van der Waals surface area (Å²) in [5.74, 6) is -0.222. The second kappa shape index (κ2) is 8.18. The summed E-state index contributed by atoms with van der Waals surface area (Å²) in [4.78, 5) is 18.0. The first kappa shape index (κ1) is 20.4. The van der Waals surface area contributed by atoms with Crippen molar-refractivity contribution in [3.63, 3.8) is 0 Å². The molecule has 32 heavy (non-hydrogen) atoms. The van der Waals surface area contributed by atoms with E-state index in [0.717, 1.165) is 21.3 Å². The summed E-state index contributed by atoms with van der Waals surface area (Å²) in [6.07, 6.45) is 3.36. The molecule has 4 aromatic rings. The highest BCUT2D eigenvalue weighted by atomic mass is 79.9. The Hall–Kier alpha value is -3.55. The molecule has 1 aromatic heterocycles. The zero-order valence-corrected chi connectivity index (χ0v) is 19.0. The lowest BCUT2D eigenvalue weighted by Gasteiger charge is -2.17. The van der Waals surface area contributed by atoms with Gasteiger partial charge in [-0.05, 0) is 60.8 Å². The molecule has 1 aliphatic heterocycles. The topological polar surface area (TPSA) is 59.5 Å². The largest absolute Gasteiger partial charge is 0.494 e.